The summed E-state index contributed by atoms with van der Waals surface area (Å²) < 4.78 is 1.95. The van der Waals surface area contributed by atoms with Gasteiger partial charge in [0.2, 0.25) is 5.95 Å². The molecule has 166 valence electrons. The van der Waals surface area contributed by atoms with Crippen LogP contribution in [0.1, 0.15) is 25.0 Å². The quantitative estimate of drug-likeness (QED) is 0.319. The summed E-state index contributed by atoms with van der Waals surface area (Å²) in [4.78, 5) is 13.7. The minimum absolute atomic E-state index is 0.141. The Hall–Kier alpha value is -3.36. The number of rotatable bonds is 8. The summed E-state index contributed by atoms with van der Waals surface area (Å²) in [6, 6.07) is 14.9. The topological polar surface area (TPSA) is 108 Å². The summed E-state index contributed by atoms with van der Waals surface area (Å²) in [7, 11) is 0. The Bertz CT molecular complexity index is 1220. The number of nitrogens with zero attached hydrogens (tertiary/aromatic N) is 4. The third-order valence-electron chi connectivity index (χ3n) is 4.83. The van der Waals surface area contributed by atoms with Gasteiger partial charge in [-0.2, -0.15) is 9.97 Å². The van der Waals surface area contributed by atoms with Gasteiger partial charge in [-0.3, -0.25) is 0 Å². The number of hydrogen-bond acceptors (Lipinski definition) is 7. The predicted octanol–water partition coefficient (Wildman–Crippen LogP) is 4.03. The van der Waals surface area contributed by atoms with Crippen molar-refractivity contribution in [2.24, 2.45) is 0 Å². The molecule has 4 N–H and O–H groups in total. The van der Waals surface area contributed by atoms with Gasteiger partial charge in [-0.05, 0) is 37.6 Å². The highest BCUT2D eigenvalue weighted by Gasteiger charge is 2.17. The molecule has 0 aliphatic carbocycles. The fourth-order valence-corrected chi connectivity index (χ4v) is 3.41. The third kappa shape index (κ3) is 5.27. The van der Waals surface area contributed by atoms with E-state index in [1.54, 1.807) is 38.4 Å². The molecule has 0 unspecified atom stereocenters. The number of benzene rings is 2. The van der Waals surface area contributed by atoms with Crippen LogP contribution in [0.5, 0.6) is 5.75 Å². The second kappa shape index (κ2) is 9.02. The largest absolute Gasteiger partial charge is 0.508 e. The molecule has 0 aliphatic heterocycles. The summed E-state index contributed by atoms with van der Waals surface area (Å²) in [6.07, 6.45) is 1.73. The fourth-order valence-electron chi connectivity index (χ4n) is 3.21. The molecule has 0 fully saturated rings. The molecule has 0 bridgehead atoms. The van der Waals surface area contributed by atoms with Crippen molar-refractivity contribution >= 4 is 34.5 Å². The SMILES string of the molecule is CC(C)(O)CNc1nc(NCc2cc(Cl)ccc2O)c2ncn(Cc3ccccc3)c2n1. The molecule has 0 radical (unpaired) electrons. The van der Waals surface area contributed by atoms with Crippen molar-refractivity contribution in [3.63, 3.8) is 0 Å². The van der Waals surface area contributed by atoms with Crippen LogP contribution in [0.15, 0.2) is 54.9 Å². The molecular weight excluding hydrogens is 428 g/mol. The zero-order valence-electron chi connectivity index (χ0n) is 17.9. The summed E-state index contributed by atoms with van der Waals surface area (Å²) in [5.74, 6) is 1.02. The van der Waals surface area contributed by atoms with Crippen LogP contribution in [0.3, 0.4) is 0 Å². The van der Waals surface area contributed by atoms with E-state index in [1.165, 1.54) is 0 Å². The van der Waals surface area contributed by atoms with Gasteiger partial charge in [-0.15, -0.1) is 0 Å². The molecule has 0 atom stereocenters. The van der Waals surface area contributed by atoms with E-state index in [9.17, 15) is 10.2 Å². The smallest absolute Gasteiger partial charge is 0.226 e. The molecule has 0 amide bonds. The Morgan fingerprint density at radius 3 is 2.59 bits per heavy atom. The number of imidazole rings is 1. The van der Waals surface area contributed by atoms with Crippen LogP contribution in [0.25, 0.3) is 11.2 Å². The van der Waals surface area contributed by atoms with E-state index in [-0.39, 0.29) is 12.3 Å². The number of nitrogens with one attached hydrogen (secondary N) is 2. The number of hydrogen-bond donors (Lipinski definition) is 4. The fraction of sp³-hybridized carbons (Fsp3) is 0.261. The van der Waals surface area contributed by atoms with Crippen LogP contribution in [-0.4, -0.2) is 41.9 Å². The number of fused-ring (bicyclic) bond motifs is 1. The maximum Gasteiger partial charge on any atom is 0.226 e. The monoisotopic (exact) mass is 452 g/mol. The van der Waals surface area contributed by atoms with Crippen LogP contribution in [0.4, 0.5) is 11.8 Å². The molecule has 2 aromatic heterocycles. The van der Waals surface area contributed by atoms with Crippen LogP contribution < -0.4 is 10.6 Å². The van der Waals surface area contributed by atoms with Crippen molar-refractivity contribution in [2.45, 2.75) is 32.5 Å². The van der Waals surface area contributed by atoms with Crippen LogP contribution in [0, 0.1) is 0 Å². The van der Waals surface area contributed by atoms with E-state index in [2.05, 4.69) is 25.6 Å². The number of anilines is 2. The number of aromatic nitrogens is 4. The third-order valence-corrected chi connectivity index (χ3v) is 5.06. The average molecular weight is 453 g/mol. The van der Waals surface area contributed by atoms with Crippen LogP contribution in [0.2, 0.25) is 5.02 Å². The van der Waals surface area contributed by atoms with Crippen molar-refractivity contribution in [3.05, 3.63) is 71.0 Å². The summed E-state index contributed by atoms with van der Waals surface area (Å²) in [5, 5.41) is 27.1. The minimum atomic E-state index is -0.928. The molecule has 0 aliphatic rings. The van der Waals surface area contributed by atoms with Gasteiger partial charge in [-0.25, -0.2) is 4.98 Å². The molecule has 9 heteroatoms. The lowest BCUT2D eigenvalue weighted by Gasteiger charge is -2.18. The molecule has 2 aromatic carbocycles. The van der Waals surface area contributed by atoms with Gasteiger partial charge < -0.3 is 25.4 Å². The molecule has 4 aromatic rings. The Labute approximate surface area is 190 Å². The second-order valence-corrected chi connectivity index (χ2v) is 8.66. The van der Waals surface area contributed by atoms with Crippen molar-refractivity contribution in [2.75, 3.05) is 17.2 Å². The number of phenolic OH excluding ortho intramolecular Hbond substituents is 1. The first-order valence-electron chi connectivity index (χ1n) is 10.2. The second-order valence-electron chi connectivity index (χ2n) is 8.22. The first-order valence-corrected chi connectivity index (χ1v) is 10.6. The van der Waals surface area contributed by atoms with Crippen molar-refractivity contribution in [1.29, 1.82) is 0 Å². The zero-order valence-corrected chi connectivity index (χ0v) is 18.6. The standard InChI is InChI=1S/C23H25ClN6O2/c1-23(2,32)13-26-22-28-20(25-11-16-10-17(24)8-9-18(16)31)19-21(29-22)30(14-27-19)12-15-6-4-3-5-7-15/h3-10,14,31-32H,11-13H2,1-2H3,(H2,25,26,28,29). The first-order chi connectivity index (χ1) is 15.3. The number of halogens is 1. The molecule has 0 saturated heterocycles. The average Bonchev–Trinajstić information content (AvgIpc) is 3.16. The van der Waals surface area contributed by atoms with E-state index >= 15 is 0 Å². The number of phenols is 1. The van der Waals surface area contributed by atoms with Gasteiger partial charge in [0.05, 0.1) is 18.5 Å². The molecule has 4 rings (SSSR count). The molecule has 8 nitrogen and oxygen atoms in total. The van der Waals surface area contributed by atoms with Crippen molar-refractivity contribution < 1.29 is 10.2 Å². The van der Waals surface area contributed by atoms with E-state index in [0.717, 1.165) is 5.56 Å². The lowest BCUT2D eigenvalue weighted by molar-refractivity contribution is 0.0943. The Morgan fingerprint density at radius 2 is 1.84 bits per heavy atom. The summed E-state index contributed by atoms with van der Waals surface area (Å²) in [6.45, 7) is 4.60. The first kappa shape index (κ1) is 21.9. The van der Waals surface area contributed by atoms with E-state index in [4.69, 9.17) is 11.6 Å². The van der Waals surface area contributed by atoms with Gasteiger partial charge in [0.1, 0.15) is 5.75 Å². The van der Waals surface area contributed by atoms with Gasteiger partial charge >= 0.3 is 0 Å². The predicted molar refractivity (Wildman–Crippen MR) is 126 cm³/mol. The van der Waals surface area contributed by atoms with Crippen molar-refractivity contribution in [3.8, 4) is 5.75 Å². The normalized spacial score (nSPS) is 11.6. The summed E-state index contributed by atoms with van der Waals surface area (Å²) in [5.41, 5.74) is 2.09. The highest BCUT2D eigenvalue weighted by Crippen LogP contribution is 2.26. The van der Waals surface area contributed by atoms with Gasteiger partial charge in [0.25, 0.3) is 0 Å². The summed E-state index contributed by atoms with van der Waals surface area (Å²) >= 11 is 6.07. The van der Waals surface area contributed by atoms with Gasteiger partial charge in [0, 0.05) is 23.7 Å². The highest BCUT2D eigenvalue weighted by atomic mass is 35.5. The maximum absolute atomic E-state index is 10.1. The van der Waals surface area contributed by atoms with E-state index in [0.29, 0.717) is 46.6 Å². The van der Waals surface area contributed by atoms with Crippen LogP contribution >= 0.6 is 11.6 Å². The lowest BCUT2D eigenvalue weighted by atomic mass is 10.1. The van der Waals surface area contributed by atoms with E-state index in [1.807, 2.05) is 34.9 Å². The van der Waals surface area contributed by atoms with E-state index < -0.39 is 5.60 Å². The lowest BCUT2D eigenvalue weighted by Crippen LogP contribution is -2.30. The Balaban J connectivity index is 1.68. The van der Waals surface area contributed by atoms with Crippen molar-refractivity contribution in [1.82, 2.24) is 19.5 Å². The van der Waals surface area contributed by atoms with Gasteiger partial charge in [-0.1, -0.05) is 41.9 Å². The highest BCUT2D eigenvalue weighted by molar-refractivity contribution is 6.30. The molecule has 0 spiro atoms. The Kier molecular flexibility index (Phi) is 6.16. The molecule has 0 saturated carbocycles. The maximum atomic E-state index is 10.1. The molecule has 32 heavy (non-hydrogen) atoms. The van der Waals surface area contributed by atoms with Gasteiger partial charge in [0.15, 0.2) is 17.0 Å². The number of aliphatic hydroxyl groups is 1. The Morgan fingerprint density at radius 1 is 1.06 bits per heavy atom. The zero-order chi connectivity index (χ0) is 22.7. The molecule has 2 heterocycles. The number of aromatic hydroxyl groups is 1. The molecular formula is C23H25ClN6O2. The van der Waals surface area contributed by atoms with Crippen LogP contribution in [-0.2, 0) is 13.1 Å². The minimum Gasteiger partial charge on any atom is -0.508 e.